The Hall–Kier alpha value is -3.26. The maximum absolute atomic E-state index is 12.5. The summed E-state index contributed by atoms with van der Waals surface area (Å²) in [6.45, 7) is 6.46. The number of ether oxygens (including phenoxy) is 1. The standard InChI is InChI=1S/C21H21N3O4S/c1-21(2,3)15-8-5-13(6-9-15)16-12-29-20(22-16)23-19(25)14-7-10-18(28-4)17(11-14)24(26)27/h5-12H,1-4H3,(H,22,23,25). The Bertz CT molecular complexity index is 1050. The van der Waals surface area contributed by atoms with Crippen molar-refractivity contribution in [1.82, 2.24) is 4.98 Å². The van der Waals surface area contributed by atoms with E-state index in [0.29, 0.717) is 5.13 Å². The topological polar surface area (TPSA) is 94.4 Å². The molecule has 0 atom stereocenters. The Morgan fingerprint density at radius 1 is 1.17 bits per heavy atom. The number of carbonyl (C=O) groups is 1. The molecule has 3 aromatic rings. The number of methoxy groups -OCH3 is 1. The van der Waals surface area contributed by atoms with Gasteiger partial charge in [0.15, 0.2) is 10.9 Å². The fourth-order valence-electron chi connectivity index (χ4n) is 2.75. The fraction of sp³-hybridized carbons (Fsp3) is 0.238. The fourth-order valence-corrected chi connectivity index (χ4v) is 3.46. The number of anilines is 1. The van der Waals surface area contributed by atoms with Crippen LogP contribution in [0.4, 0.5) is 10.8 Å². The van der Waals surface area contributed by atoms with Crippen LogP contribution in [0.25, 0.3) is 11.3 Å². The van der Waals surface area contributed by atoms with E-state index in [1.54, 1.807) is 0 Å². The minimum absolute atomic E-state index is 0.0702. The van der Waals surface area contributed by atoms with Crippen molar-refractivity contribution in [1.29, 1.82) is 0 Å². The van der Waals surface area contributed by atoms with Crippen molar-refractivity contribution in [3.8, 4) is 17.0 Å². The summed E-state index contributed by atoms with van der Waals surface area (Å²) < 4.78 is 4.96. The summed E-state index contributed by atoms with van der Waals surface area (Å²) >= 11 is 1.29. The van der Waals surface area contributed by atoms with Gasteiger partial charge in [0.25, 0.3) is 5.91 Å². The van der Waals surface area contributed by atoms with Crippen LogP contribution in [0.1, 0.15) is 36.7 Å². The number of nitrogens with one attached hydrogen (secondary N) is 1. The predicted octanol–water partition coefficient (Wildman–Crippen LogP) is 5.28. The lowest BCUT2D eigenvalue weighted by molar-refractivity contribution is -0.385. The second kappa shape index (κ2) is 8.00. The quantitative estimate of drug-likeness (QED) is 0.455. The van der Waals surface area contributed by atoms with E-state index in [1.807, 2.05) is 17.5 Å². The molecule has 2 aromatic carbocycles. The van der Waals surface area contributed by atoms with Crippen molar-refractivity contribution in [3.63, 3.8) is 0 Å². The molecule has 0 fully saturated rings. The monoisotopic (exact) mass is 411 g/mol. The van der Waals surface area contributed by atoms with E-state index in [0.717, 1.165) is 11.3 Å². The van der Waals surface area contributed by atoms with Gasteiger partial charge in [0, 0.05) is 22.6 Å². The van der Waals surface area contributed by atoms with Crippen molar-refractivity contribution in [3.05, 3.63) is 69.1 Å². The summed E-state index contributed by atoms with van der Waals surface area (Å²) in [5.41, 5.74) is 2.90. The summed E-state index contributed by atoms with van der Waals surface area (Å²) in [5.74, 6) is -0.374. The number of rotatable bonds is 5. The molecule has 8 heteroatoms. The molecule has 0 aliphatic rings. The second-order valence-corrected chi connectivity index (χ2v) is 8.32. The number of nitrogens with zero attached hydrogens (tertiary/aromatic N) is 2. The molecule has 7 nitrogen and oxygen atoms in total. The molecule has 0 spiro atoms. The number of hydrogen-bond acceptors (Lipinski definition) is 6. The number of benzene rings is 2. The van der Waals surface area contributed by atoms with Gasteiger partial charge in [-0.15, -0.1) is 11.3 Å². The third kappa shape index (κ3) is 4.60. The SMILES string of the molecule is COc1ccc(C(=O)Nc2nc(-c3ccc(C(C)(C)C)cc3)cs2)cc1[N+](=O)[O-]. The Labute approximate surface area is 172 Å². The lowest BCUT2D eigenvalue weighted by atomic mass is 9.86. The number of nitro benzene ring substituents is 1. The van der Waals surface area contributed by atoms with Crippen LogP contribution >= 0.6 is 11.3 Å². The number of hydrogen-bond donors (Lipinski definition) is 1. The summed E-state index contributed by atoms with van der Waals surface area (Å²) in [6, 6.07) is 12.2. The first-order chi connectivity index (χ1) is 13.7. The zero-order valence-corrected chi connectivity index (χ0v) is 17.4. The van der Waals surface area contributed by atoms with E-state index in [1.165, 1.54) is 42.2 Å². The van der Waals surface area contributed by atoms with Gasteiger partial charge in [-0.05, 0) is 23.1 Å². The van der Waals surface area contributed by atoms with Crippen LogP contribution in [0, 0.1) is 10.1 Å². The molecule has 3 rings (SSSR count). The van der Waals surface area contributed by atoms with Crippen molar-refractivity contribution in [2.24, 2.45) is 0 Å². The van der Waals surface area contributed by atoms with Crippen LogP contribution in [0.5, 0.6) is 5.75 Å². The summed E-state index contributed by atoms with van der Waals surface area (Å²) in [6.07, 6.45) is 0. The predicted molar refractivity (Wildman–Crippen MR) is 114 cm³/mol. The van der Waals surface area contributed by atoms with Crippen LogP contribution < -0.4 is 10.1 Å². The third-order valence-electron chi connectivity index (χ3n) is 4.41. The van der Waals surface area contributed by atoms with Crippen molar-refractivity contribution < 1.29 is 14.5 Å². The zero-order chi connectivity index (χ0) is 21.2. The van der Waals surface area contributed by atoms with Gasteiger partial charge >= 0.3 is 5.69 Å². The van der Waals surface area contributed by atoms with Crippen molar-refractivity contribution in [2.75, 3.05) is 12.4 Å². The van der Waals surface area contributed by atoms with E-state index >= 15 is 0 Å². The van der Waals surface area contributed by atoms with Crippen molar-refractivity contribution >= 4 is 28.1 Å². The van der Waals surface area contributed by atoms with Crippen LogP contribution in [0.3, 0.4) is 0 Å². The van der Waals surface area contributed by atoms with Crippen molar-refractivity contribution in [2.45, 2.75) is 26.2 Å². The van der Waals surface area contributed by atoms with Gasteiger partial charge in [-0.1, -0.05) is 45.0 Å². The highest BCUT2D eigenvalue weighted by Gasteiger charge is 2.19. The minimum atomic E-state index is -0.585. The van der Waals surface area contributed by atoms with E-state index in [4.69, 9.17) is 4.74 Å². The smallest absolute Gasteiger partial charge is 0.311 e. The maximum atomic E-state index is 12.5. The summed E-state index contributed by atoms with van der Waals surface area (Å²) in [4.78, 5) is 27.5. The van der Waals surface area contributed by atoms with Gasteiger partial charge in [-0.2, -0.15) is 0 Å². The number of nitro groups is 1. The van der Waals surface area contributed by atoms with E-state index in [-0.39, 0.29) is 22.4 Å². The first-order valence-corrected chi connectivity index (χ1v) is 9.77. The lowest BCUT2D eigenvalue weighted by Gasteiger charge is -2.18. The first kappa shape index (κ1) is 20.5. The molecule has 150 valence electrons. The average molecular weight is 411 g/mol. The van der Waals surface area contributed by atoms with Crippen LogP contribution in [-0.4, -0.2) is 22.9 Å². The zero-order valence-electron chi connectivity index (χ0n) is 16.6. The van der Waals surface area contributed by atoms with Gasteiger partial charge in [0.2, 0.25) is 0 Å². The molecule has 29 heavy (non-hydrogen) atoms. The molecule has 1 heterocycles. The lowest BCUT2D eigenvalue weighted by Crippen LogP contribution is -2.12. The highest BCUT2D eigenvalue weighted by atomic mass is 32.1. The van der Waals surface area contributed by atoms with Crippen LogP contribution in [-0.2, 0) is 5.41 Å². The minimum Gasteiger partial charge on any atom is -0.490 e. The molecule has 0 aliphatic carbocycles. The number of amides is 1. The average Bonchev–Trinajstić information content (AvgIpc) is 3.15. The third-order valence-corrected chi connectivity index (χ3v) is 5.17. The molecule has 1 aromatic heterocycles. The maximum Gasteiger partial charge on any atom is 0.311 e. The van der Waals surface area contributed by atoms with Gasteiger partial charge in [-0.25, -0.2) is 4.98 Å². The molecular formula is C21H21N3O4S. The number of thiazole rings is 1. The Morgan fingerprint density at radius 2 is 1.86 bits per heavy atom. The Morgan fingerprint density at radius 3 is 2.45 bits per heavy atom. The number of carbonyl (C=O) groups excluding carboxylic acids is 1. The number of aromatic nitrogens is 1. The molecule has 0 aliphatic heterocycles. The van der Waals surface area contributed by atoms with Gasteiger partial charge in [-0.3, -0.25) is 20.2 Å². The highest BCUT2D eigenvalue weighted by Crippen LogP contribution is 2.30. The largest absolute Gasteiger partial charge is 0.490 e. The molecule has 0 saturated heterocycles. The van der Waals surface area contributed by atoms with E-state index in [9.17, 15) is 14.9 Å². The van der Waals surface area contributed by atoms with Crippen LogP contribution in [0.15, 0.2) is 47.8 Å². The van der Waals surface area contributed by atoms with E-state index < -0.39 is 10.8 Å². The molecule has 0 unspecified atom stereocenters. The van der Waals surface area contributed by atoms with E-state index in [2.05, 4.69) is 43.2 Å². The molecule has 1 N–H and O–H groups in total. The Balaban J connectivity index is 1.77. The first-order valence-electron chi connectivity index (χ1n) is 8.89. The molecule has 1 amide bonds. The summed E-state index contributed by atoms with van der Waals surface area (Å²) in [5, 5.41) is 16.1. The van der Waals surface area contributed by atoms with Gasteiger partial charge in [0.1, 0.15) is 0 Å². The highest BCUT2D eigenvalue weighted by molar-refractivity contribution is 7.14. The van der Waals surface area contributed by atoms with Gasteiger partial charge < -0.3 is 4.74 Å². The molecule has 0 saturated carbocycles. The van der Waals surface area contributed by atoms with Gasteiger partial charge in [0.05, 0.1) is 17.7 Å². The Kier molecular flexibility index (Phi) is 5.65. The molecule has 0 bridgehead atoms. The second-order valence-electron chi connectivity index (χ2n) is 7.46. The van der Waals surface area contributed by atoms with Crippen LogP contribution in [0.2, 0.25) is 0 Å². The normalized spacial score (nSPS) is 11.2. The molecule has 0 radical (unpaired) electrons. The summed E-state index contributed by atoms with van der Waals surface area (Å²) in [7, 11) is 1.34. The molecular weight excluding hydrogens is 390 g/mol.